The van der Waals surface area contributed by atoms with Gasteiger partial charge in [-0.25, -0.2) is 0 Å². The van der Waals surface area contributed by atoms with E-state index >= 15 is 0 Å². The average molecular weight is 346 g/mol. The standard InChI is InChI=1S/C20H30N2O3/c23-11-12-25-19-10-6-5-7-16(19)14-21-17-13-20(24)22(15-17)18-8-3-1-2-4-9-18/h5-7,10,17-18,21,23H,1-4,8-9,11-15H2/t17-/m0/s1. The number of amides is 1. The number of rotatable bonds is 7. The zero-order chi connectivity index (χ0) is 17.5. The van der Waals surface area contributed by atoms with Gasteiger partial charge in [0.05, 0.1) is 6.61 Å². The largest absolute Gasteiger partial charge is 0.491 e. The predicted molar refractivity (Wildman–Crippen MR) is 97.5 cm³/mol. The van der Waals surface area contributed by atoms with Gasteiger partial charge in [0.2, 0.25) is 5.91 Å². The quantitative estimate of drug-likeness (QED) is 0.745. The number of carbonyl (C=O) groups is 1. The van der Waals surface area contributed by atoms with E-state index in [4.69, 9.17) is 9.84 Å². The Hall–Kier alpha value is -1.59. The van der Waals surface area contributed by atoms with Crippen LogP contribution in [0.5, 0.6) is 5.75 Å². The molecule has 1 saturated heterocycles. The zero-order valence-corrected chi connectivity index (χ0v) is 15.0. The minimum Gasteiger partial charge on any atom is -0.491 e. The Morgan fingerprint density at radius 1 is 1.16 bits per heavy atom. The Kier molecular flexibility index (Phi) is 6.70. The van der Waals surface area contributed by atoms with Crippen molar-refractivity contribution in [2.24, 2.45) is 0 Å². The number of nitrogens with one attached hydrogen (secondary N) is 1. The molecule has 25 heavy (non-hydrogen) atoms. The fourth-order valence-corrected chi connectivity index (χ4v) is 3.99. The third-order valence-corrected chi connectivity index (χ3v) is 5.33. The SMILES string of the molecule is O=C1C[C@H](NCc2ccccc2OCCO)CN1C1CCCCCC1. The van der Waals surface area contributed by atoms with Gasteiger partial charge in [0, 0.05) is 37.2 Å². The Bertz CT molecular complexity index is 556. The third-order valence-electron chi connectivity index (χ3n) is 5.33. The second-order valence-corrected chi connectivity index (χ2v) is 7.15. The lowest BCUT2D eigenvalue weighted by molar-refractivity contribution is -0.129. The molecule has 0 unspecified atom stereocenters. The Morgan fingerprint density at radius 2 is 1.92 bits per heavy atom. The maximum Gasteiger partial charge on any atom is 0.224 e. The van der Waals surface area contributed by atoms with Gasteiger partial charge in [-0.1, -0.05) is 43.9 Å². The third kappa shape index (κ3) is 4.95. The molecular formula is C20H30N2O3. The summed E-state index contributed by atoms with van der Waals surface area (Å²) in [5.74, 6) is 1.10. The average Bonchev–Trinajstić information content (AvgIpc) is 2.83. The summed E-state index contributed by atoms with van der Waals surface area (Å²) >= 11 is 0. The Labute approximate surface area is 150 Å². The van der Waals surface area contributed by atoms with Crippen LogP contribution in [0.3, 0.4) is 0 Å². The maximum absolute atomic E-state index is 12.4. The molecular weight excluding hydrogens is 316 g/mol. The monoisotopic (exact) mass is 346 g/mol. The van der Waals surface area contributed by atoms with E-state index in [9.17, 15) is 4.79 Å². The molecule has 3 rings (SSSR count). The second kappa shape index (κ2) is 9.20. The molecule has 0 radical (unpaired) electrons. The van der Waals surface area contributed by atoms with Crippen LogP contribution >= 0.6 is 0 Å². The molecule has 5 heteroatoms. The topological polar surface area (TPSA) is 61.8 Å². The normalized spacial score (nSPS) is 22.2. The highest BCUT2D eigenvalue weighted by molar-refractivity contribution is 5.79. The molecule has 1 amide bonds. The van der Waals surface area contributed by atoms with Crippen molar-refractivity contribution in [2.75, 3.05) is 19.8 Å². The van der Waals surface area contributed by atoms with E-state index in [1.54, 1.807) is 0 Å². The van der Waals surface area contributed by atoms with Crippen LogP contribution in [0.1, 0.15) is 50.5 Å². The maximum atomic E-state index is 12.4. The van der Waals surface area contributed by atoms with Crippen molar-refractivity contribution in [1.29, 1.82) is 0 Å². The van der Waals surface area contributed by atoms with E-state index in [1.807, 2.05) is 24.3 Å². The molecule has 1 atom stereocenters. The highest BCUT2D eigenvalue weighted by atomic mass is 16.5. The minimum absolute atomic E-state index is 0.00916. The van der Waals surface area contributed by atoms with Gasteiger partial charge in [-0.3, -0.25) is 4.79 Å². The second-order valence-electron chi connectivity index (χ2n) is 7.15. The Morgan fingerprint density at radius 3 is 2.68 bits per heavy atom. The molecule has 1 heterocycles. The van der Waals surface area contributed by atoms with Crippen molar-refractivity contribution in [1.82, 2.24) is 10.2 Å². The first-order valence-electron chi connectivity index (χ1n) is 9.62. The van der Waals surface area contributed by atoms with Crippen LogP contribution in [0.2, 0.25) is 0 Å². The van der Waals surface area contributed by atoms with Crippen LogP contribution in [0.4, 0.5) is 0 Å². The number of ether oxygens (including phenoxy) is 1. The fourth-order valence-electron chi connectivity index (χ4n) is 3.99. The van der Waals surface area contributed by atoms with Gasteiger partial charge >= 0.3 is 0 Å². The number of para-hydroxylation sites is 1. The molecule has 1 saturated carbocycles. The molecule has 138 valence electrons. The first-order valence-corrected chi connectivity index (χ1v) is 9.62. The van der Waals surface area contributed by atoms with E-state index < -0.39 is 0 Å². The number of carbonyl (C=O) groups excluding carboxylic acids is 1. The van der Waals surface area contributed by atoms with E-state index in [-0.39, 0.29) is 12.6 Å². The summed E-state index contributed by atoms with van der Waals surface area (Å²) in [5.41, 5.74) is 1.07. The molecule has 1 aromatic carbocycles. The van der Waals surface area contributed by atoms with Crippen molar-refractivity contribution >= 4 is 5.91 Å². The molecule has 0 bridgehead atoms. The van der Waals surface area contributed by atoms with Gasteiger partial charge in [-0.15, -0.1) is 0 Å². The molecule has 1 aliphatic carbocycles. The summed E-state index contributed by atoms with van der Waals surface area (Å²) < 4.78 is 5.59. The van der Waals surface area contributed by atoms with E-state index in [0.29, 0.717) is 31.5 Å². The summed E-state index contributed by atoms with van der Waals surface area (Å²) in [4.78, 5) is 14.6. The van der Waals surface area contributed by atoms with E-state index in [2.05, 4.69) is 10.2 Å². The number of hydrogen-bond acceptors (Lipinski definition) is 4. The van der Waals surface area contributed by atoms with E-state index in [1.165, 1.54) is 25.7 Å². The highest BCUT2D eigenvalue weighted by Crippen LogP contribution is 2.26. The minimum atomic E-state index is 0.00916. The van der Waals surface area contributed by atoms with Crippen molar-refractivity contribution < 1.29 is 14.6 Å². The molecule has 2 fully saturated rings. The molecule has 1 aliphatic heterocycles. The molecule has 0 aromatic heterocycles. The van der Waals surface area contributed by atoms with E-state index in [0.717, 1.165) is 30.7 Å². The summed E-state index contributed by atoms with van der Waals surface area (Å²) in [7, 11) is 0. The molecule has 5 nitrogen and oxygen atoms in total. The molecule has 1 aromatic rings. The van der Waals surface area contributed by atoms with Crippen LogP contribution < -0.4 is 10.1 Å². The predicted octanol–water partition coefficient (Wildman–Crippen LogP) is 2.47. The van der Waals surface area contributed by atoms with Gasteiger partial charge in [0.1, 0.15) is 12.4 Å². The van der Waals surface area contributed by atoms with Crippen molar-refractivity contribution in [2.45, 2.75) is 63.6 Å². The summed E-state index contributed by atoms with van der Waals surface area (Å²) in [5, 5.41) is 12.5. The summed E-state index contributed by atoms with van der Waals surface area (Å²) in [6, 6.07) is 8.52. The van der Waals surface area contributed by atoms with Gasteiger partial charge < -0.3 is 20.1 Å². The smallest absolute Gasteiger partial charge is 0.224 e. The zero-order valence-electron chi connectivity index (χ0n) is 15.0. The van der Waals surface area contributed by atoms with Gasteiger partial charge in [-0.05, 0) is 18.9 Å². The lowest BCUT2D eigenvalue weighted by Gasteiger charge is -2.27. The van der Waals surface area contributed by atoms with Crippen molar-refractivity contribution in [3.05, 3.63) is 29.8 Å². The van der Waals surface area contributed by atoms with Crippen LogP contribution in [0, 0.1) is 0 Å². The van der Waals surface area contributed by atoms with Gasteiger partial charge in [0.25, 0.3) is 0 Å². The number of aliphatic hydroxyl groups excluding tert-OH is 1. The highest BCUT2D eigenvalue weighted by Gasteiger charge is 2.34. The van der Waals surface area contributed by atoms with Crippen molar-refractivity contribution in [3.63, 3.8) is 0 Å². The summed E-state index contributed by atoms with van der Waals surface area (Å²) in [6.07, 6.45) is 8.04. The van der Waals surface area contributed by atoms with Crippen LogP contribution in [0.15, 0.2) is 24.3 Å². The number of benzene rings is 1. The van der Waals surface area contributed by atoms with Crippen LogP contribution in [-0.4, -0.2) is 47.8 Å². The Balaban J connectivity index is 1.53. The molecule has 0 spiro atoms. The fraction of sp³-hybridized carbons (Fsp3) is 0.650. The lowest BCUT2D eigenvalue weighted by Crippen LogP contribution is -2.38. The van der Waals surface area contributed by atoms with Crippen molar-refractivity contribution in [3.8, 4) is 5.75 Å². The summed E-state index contributed by atoms with van der Waals surface area (Å²) in [6.45, 7) is 1.81. The lowest BCUT2D eigenvalue weighted by atomic mass is 10.1. The number of aliphatic hydroxyl groups is 1. The number of hydrogen-bond donors (Lipinski definition) is 2. The number of nitrogens with zero attached hydrogens (tertiary/aromatic N) is 1. The molecule has 2 aliphatic rings. The van der Waals surface area contributed by atoms with Gasteiger partial charge in [-0.2, -0.15) is 0 Å². The first-order chi connectivity index (χ1) is 12.3. The number of likely N-dealkylation sites (tertiary alicyclic amines) is 1. The molecule has 2 N–H and O–H groups in total. The van der Waals surface area contributed by atoms with Crippen LogP contribution in [-0.2, 0) is 11.3 Å². The van der Waals surface area contributed by atoms with Crippen LogP contribution in [0.25, 0.3) is 0 Å². The first kappa shape index (κ1) is 18.2. The van der Waals surface area contributed by atoms with Gasteiger partial charge in [0.15, 0.2) is 0 Å².